The van der Waals surface area contributed by atoms with Crippen molar-refractivity contribution in [3.05, 3.63) is 12.2 Å². The minimum atomic E-state index is -0.647. The van der Waals surface area contributed by atoms with E-state index >= 15 is 0 Å². The van der Waals surface area contributed by atoms with Gasteiger partial charge in [-0.25, -0.2) is 19.3 Å². The first-order valence-corrected chi connectivity index (χ1v) is 4.17. The van der Waals surface area contributed by atoms with E-state index in [1.54, 1.807) is 6.92 Å². The number of hydrogen-bond donors (Lipinski definition) is 0. The summed E-state index contributed by atoms with van der Waals surface area (Å²) in [6.07, 6.45) is 1.27. The van der Waals surface area contributed by atoms with E-state index in [1.165, 1.54) is 25.2 Å². The van der Waals surface area contributed by atoms with Gasteiger partial charge in [0, 0.05) is 0 Å². The molecule has 0 fully saturated rings. The molecular formula is C8H11N3O4. The third-order valence-corrected chi connectivity index (χ3v) is 1.82. The van der Waals surface area contributed by atoms with Gasteiger partial charge in [0.05, 0.1) is 14.2 Å². The van der Waals surface area contributed by atoms with Crippen LogP contribution in [0, 0.1) is 0 Å². The van der Waals surface area contributed by atoms with Crippen molar-refractivity contribution in [2.75, 3.05) is 14.2 Å². The Hall–Kier alpha value is -1.92. The largest absolute Gasteiger partial charge is 0.467 e. The van der Waals surface area contributed by atoms with Crippen LogP contribution in [0.1, 0.15) is 23.6 Å². The van der Waals surface area contributed by atoms with Gasteiger partial charge in [0.1, 0.15) is 12.4 Å². The normalized spacial score (nSPS) is 11.9. The second kappa shape index (κ2) is 4.54. The van der Waals surface area contributed by atoms with Gasteiger partial charge in [0.2, 0.25) is 0 Å². The van der Waals surface area contributed by atoms with E-state index in [1.807, 2.05) is 0 Å². The maximum Gasteiger partial charge on any atom is 0.377 e. The first kappa shape index (κ1) is 11.2. The van der Waals surface area contributed by atoms with Crippen molar-refractivity contribution in [2.45, 2.75) is 13.0 Å². The molecule has 0 spiro atoms. The van der Waals surface area contributed by atoms with E-state index in [0.29, 0.717) is 0 Å². The number of esters is 2. The molecule has 0 aliphatic carbocycles. The van der Waals surface area contributed by atoms with Gasteiger partial charge in [-0.2, -0.15) is 0 Å². The number of carbonyl (C=O) groups excluding carboxylic acids is 2. The fourth-order valence-electron chi connectivity index (χ4n) is 0.925. The van der Waals surface area contributed by atoms with Crippen molar-refractivity contribution >= 4 is 11.9 Å². The molecule has 82 valence electrons. The molecule has 0 aromatic carbocycles. The van der Waals surface area contributed by atoms with Crippen LogP contribution in [-0.4, -0.2) is 40.9 Å². The zero-order valence-corrected chi connectivity index (χ0v) is 8.63. The quantitative estimate of drug-likeness (QED) is 0.646. The van der Waals surface area contributed by atoms with Gasteiger partial charge in [-0.05, 0) is 6.92 Å². The molecule has 0 saturated heterocycles. The molecule has 0 amide bonds. The van der Waals surface area contributed by atoms with Crippen LogP contribution in [0.5, 0.6) is 0 Å². The maximum atomic E-state index is 11.1. The van der Waals surface area contributed by atoms with E-state index in [9.17, 15) is 9.59 Å². The molecular weight excluding hydrogens is 202 g/mol. The van der Waals surface area contributed by atoms with Crippen LogP contribution >= 0.6 is 0 Å². The van der Waals surface area contributed by atoms with Crippen molar-refractivity contribution in [2.24, 2.45) is 0 Å². The lowest BCUT2D eigenvalue weighted by Crippen LogP contribution is -2.18. The van der Waals surface area contributed by atoms with Gasteiger partial charge in [-0.15, -0.1) is 5.10 Å². The predicted octanol–water partition coefficient (Wildman–Crippen LogP) is -0.201. The molecule has 0 radical (unpaired) electrons. The highest BCUT2D eigenvalue weighted by atomic mass is 16.5. The Kier molecular flexibility index (Phi) is 3.37. The molecule has 0 N–H and O–H groups in total. The Labute approximate surface area is 86.0 Å². The minimum absolute atomic E-state index is 0.0896. The van der Waals surface area contributed by atoms with E-state index in [2.05, 4.69) is 19.6 Å². The van der Waals surface area contributed by atoms with Gasteiger partial charge in [-0.3, -0.25) is 0 Å². The summed E-state index contributed by atoms with van der Waals surface area (Å²) >= 11 is 0. The summed E-state index contributed by atoms with van der Waals surface area (Å²) < 4.78 is 10.2. The molecule has 7 heteroatoms. The first-order valence-electron chi connectivity index (χ1n) is 4.17. The first-order chi connectivity index (χ1) is 7.10. The molecule has 0 bridgehead atoms. The third-order valence-electron chi connectivity index (χ3n) is 1.82. The van der Waals surface area contributed by atoms with Crippen LogP contribution in [0.2, 0.25) is 0 Å². The number of ether oxygens (including phenoxy) is 2. The van der Waals surface area contributed by atoms with E-state index in [0.717, 1.165) is 0 Å². The van der Waals surface area contributed by atoms with Gasteiger partial charge in [-0.1, -0.05) is 0 Å². The van der Waals surface area contributed by atoms with E-state index in [4.69, 9.17) is 0 Å². The van der Waals surface area contributed by atoms with E-state index in [-0.39, 0.29) is 5.82 Å². The minimum Gasteiger partial charge on any atom is -0.467 e. The zero-order chi connectivity index (χ0) is 11.4. The van der Waals surface area contributed by atoms with Crippen LogP contribution in [0.3, 0.4) is 0 Å². The Morgan fingerprint density at radius 3 is 2.60 bits per heavy atom. The molecule has 7 nitrogen and oxygen atoms in total. The smallest absolute Gasteiger partial charge is 0.377 e. The van der Waals surface area contributed by atoms with Gasteiger partial charge in [0.25, 0.3) is 5.82 Å². The van der Waals surface area contributed by atoms with E-state index < -0.39 is 18.0 Å². The molecule has 0 aliphatic heterocycles. The molecule has 1 aromatic rings. The number of hydrogen-bond acceptors (Lipinski definition) is 6. The SMILES string of the molecule is COC(=O)c1ncn(C(C)C(=O)OC)n1. The van der Waals surface area contributed by atoms with Crippen molar-refractivity contribution in [1.82, 2.24) is 14.8 Å². The Morgan fingerprint density at radius 2 is 2.07 bits per heavy atom. The Balaban J connectivity index is 2.84. The summed E-state index contributed by atoms with van der Waals surface area (Å²) in [7, 11) is 2.50. The lowest BCUT2D eigenvalue weighted by Gasteiger charge is -2.07. The van der Waals surface area contributed by atoms with Crippen LogP contribution in [-0.2, 0) is 14.3 Å². The highest BCUT2D eigenvalue weighted by Crippen LogP contribution is 2.05. The Morgan fingerprint density at radius 1 is 1.40 bits per heavy atom. The molecule has 1 heterocycles. The predicted molar refractivity (Wildman–Crippen MR) is 48.1 cm³/mol. The van der Waals surface area contributed by atoms with Crippen LogP contribution in [0.4, 0.5) is 0 Å². The highest BCUT2D eigenvalue weighted by molar-refractivity contribution is 5.84. The summed E-state index contributed by atoms with van der Waals surface area (Å²) in [5, 5.41) is 3.78. The summed E-state index contributed by atoms with van der Waals surface area (Å²) in [6, 6.07) is -0.624. The van der Waals surface area contributed by atoms with Crippen molar-refractivity contribution in [3.8, 4) is 0 Å². The van der Waals surface area contributed by atoms with Crippen molar-refractivity contribution < 1.29 is 19.1 Å². The van der Waals surface area contributed by atoms with Gasteiger partial charge >= 0.3 is 11.9 Å². The molecule has 1 atom stereocenters. The standard InChI is InChI=1S/C8H11N3O4/c1-5(7(12)14-2)11-4-9-6(10-11)8(13)15-3/h4-5H,1-3H3. The molecule has 0 aliphatic rings. The number of aromatic nitrogens is 3. The summed E-state index contributed by atoms with van der Waals surface area (Å²) in [6.45, 7) is 1.58. The second-order valence-electron chi connectivity index (χ2n) is 2.74. The second-order valence-corrected chi connectivity index (χ2v) is 2.74. The average molecular weight is 213 g/mol. The molecule has 1 rings (SSSR count). The fraction of sp³-hybridized carbons (Fsp3) is 0.500. The molecule has 1 aromatic heterocycles. The average Bonchev–Trinajstić information content (AvgIpc) is 2.75. The molecule has 15 heavy (non-hydrogen) atoms. The summed E-state index contributed by atoms with van der Waals surface area (Å²) in [4.78, 5) is 25.8. The lowest BCUT2D eigenvalue weighted by molar-refractivity contribution is -0.144. The monoisotopic (exact) mass is 213 g/mol. The number of methoxy groups -OCH3 is 2. The highest BCUT2D eigenvalue weighted by Gasteiger charge is 2.19. The summed E-state index contributed by atoms with van der Waals surface area (Å²) in [5.41, 5.74) is 0. The number of carbonyl (C=O) groups is 2. The van der Waals surface area contributed by atoms with Gasteiger partial charge < -0.3 is 9.47 Å². The van der Waals surface area contributed by atoms with Crippen LogP contribution < -0.4 is 0 Å². The number of rotatable bonds is 3. The number of nitrogens with zero attached hydrogens (tertiary/aromatic N) is 3. The van der Waals surface area contributed by atoms with Crippen molar-refractivity contribution in [1.29, 1.82) is 0 Å². The van der Waals surface area contributed by atoms with Crippen LogP contribution in [0.25, 0.3) is 0 Å². The van der Waals surface area contributed by atoms with Gasteiger partial charge in [0.15, 0.2) is 0 Å². The van der Waals surface area contributed by atoms with Crippen LogP contribution in [0.15, 0.2) is 6.33 Å². The topological polar surface area (TPSA) is 83.3 Å². The molecule has 1 unspecified atom stereocenters. The third kappa shape index (κ3) is 2.30. The lowest BCUT2D eigenvalue weighted by atomic mass is 10.4. The fourth-order valence-corrected chi connectivity index (χ4v) is 0.925. The maximum absolute atomic E-state index is 11.1. The van der Waals surface area contributed by atoms with Crippen molar-refractivity contribution in [3.63, 3.8) is 0 Å². The Bertz CT molecular complexity index is 374. The summed E-state index contributed by atoms with van der Waals surface area (Å²) in [5.74, 6) is -1.20. The zero-order valence-electron chi connectivity index (χ0n) is 8.63. The molecule has 0 saturated carbocycles.